The molecule has 0 aliphatic heterocycles. The molecule has 27 heavy (non-hydrogen) atoms. The number of urea groups is 1. The average Bonchev–Trinajstić information content (AvgIpc) is 2.62. The molecule has 7 heteroatoms. The summed E-state index contributed by atoms with van der Waals surface area (Å²) in [5.74, 6) is -0.270. The van der Waals surface area contributed by atoms with Crippen molar-refractivity contribution in [1.29, 1.82) is 0 Å². The Morgan fingerprint density at radius 1 is 0.963 bits per heavy atom. The predicted molar refractivity (Wildman–Crippen MR) is 107 cm³/mol. The lowest BCUT2D eigenvalue weighted by Crippen LogP contribution is -2.34. The number of benzene rings is 2. The maximum atomic E-state index is 12.1. The Balaban J connectivity index is 1.71. The van der Waals surface area contributed by atoms with Gasteiger partial charge in [-0.2, -0.15) is 0 Å². The van der Waals surface area contributed by atoms with Gasteiger partial charge in [-0.15, -0.1) is 0 Å². The van der Waals surface area contributed by atoms with Gasteiger partial charge in [-0.1, -0.05) is 47.5 Å². The lowest BCUT2D eigenvalue weighted by atomic mass is 10.0. The number of nitrogens with one attached hydrogen (secondary N) is 2. The van der Waals surface area contributed by atoms with Gasteiger partial charge in [0.05, 0.1) is 10.6 Å². The number of halogens is 2. The molecule has 0 atom stereocenters. The number of carbonyl (C=O) groups is 2. The Hall–Kier alpha value is -2.89. The molecule has 3 rings (SSSR count). The molecule has 1 aromatic heterocycles. The van der Waals surface area contributed by atoms with E-state index in [0.29, 0.717) is 16.5 Å². The smallest absolute Gasteiger partial charge is 0.292 e. The van der Waals surface area contributed by atoms with E-state index in [1.54, 1.807) is 30.3 Å². The van der Waals surface area contributed by atoms with E-state index in [4.69, 9.17) is 23.2 Å². The van der Waals surface area contributed by atoms with Gasteiger partial charge in [0.1, 0.15) is 5.82 Å². The number of hydrogen-bond acceptors (Lipinski definition) is 3. The fourth-order valence-corrected chi connectivity index (χ4v) is 2.97. The van der Waals surface area contributed by atoms with Crippen LogP contribution in [0.4, 0.5) is 10.6 Å². The molecule has 0 unspecified atom stereocenters. The Morgan fingerprint density at radius 2 is 1.74 bits per heavy atom. The lowest BCUT2D eigenvalue weighted by molar-refractivity contribution is 0.0967. The Morgan fingerprint density at radius 3 is 2.44 bits per heavy atom. The number of hydrogen-bond donors (Lipinski definition) is 2. The van der Waals surface area contributed by atoms with Gasteiger partial charge in [0.2, 0.25) is 0 Å². The monoisotopic (exact) mass is 399 g/mol. The van der Waals surface area contributed by atoms with Crippen LogP contribution in [-0.4, -0.2) is 16.9 Å². The maximum Gasteiger partial charge on any atom is 0.327 e. The number of anilines is 1. The van der Waals surface area contributed by atoms with Crippen molar-refractivity contribution < 1.29 is 9.59 Å². The third-order valence-corrected chi connectivity index (χ3v) is 4.37. The number of rotatable bonds is 3. The van der Waals surface area contributed by atoms with E-state index < -0.39 is 11.9 Å². The summed E-state index contributed by atoms with van der Waals surface area (Å²) in [7, 11) is 0. The van der Waals surface area contributed by atoms with E-state index in [1.807, 2.05) is 31.2 Å². The van der Waals surface area contributed by atoms with Gasteiger partial charge >= 0.3 is 6.03 Å². The van der Waals surface area contributed by atoms with E-state index in [2.05, 4.69) is 15.6 Å². The summed E-state index contributed by atoms with van der Waals surface area (Å²) in [6, 6.07) is 16.7. The molecule has 3 aromatic rings. The van der Waals surface area contributed by atoms with Gasteiger partial charge < -0.3 is 0 Å². The summed E-state index contributed by atoms with van der Waals surface area (Å²) >= 11 is 12.0. The fourth-order valence-electron chi connectivity index (χ4n) is 2.56. The minimum atomic E-state index is -0.692. The molecule has 136 valence electrons. The largest absolute Gasteiger partial charge is 0.327 e. The molecule has 0 saturated heterocycles. The van der Waals surface area contributed by atoms with Crippen LogP contribution in [0, 0.1) is 6.92 Å². The van der Waals surface area contributed by atoms with Crippen LogP contribution in [0.3, 0.4) is 0 Å². The minimum Gasteiger partial charge on any atom is -0.292 e. The highest BCUT2D eigenvalue weighted by atomic mass is 35.5. The van der Waals surface area contributed by atoms with Gasteiger partial charge in [-0.3, -0.25) is 15.4 Å². The molecule has 0 radical (unpaired) electrons. The van der Waals surface area contributed by atoms with Gasteiger partial charge in [0, 0.05) is 16.3 Å². The summed E-state index contributed by atoms with van der Waals surface area (Å²) in [6.07, 6.45) is 0. The van der Waals surface area contributed by atoms with Crippen LogP contribution in [0.2, 0.25) is 10.0 Å². The normalized spacial score (nSPS) is 10.3. The number of aromatic nitrogens is 1. The lowest BCUT2D eigenvalue weighted by Gasteiger charge is -2.10. The molecule has 0 fully saturated rings. The molecule has 0 aliphatic carbocycles. The predicted octanol–water partition coefficient (Wildman–Crippen LogP) is 5.33. The highest BCUT2D eigenvalue weighted by Crippen LogP contribution is 2.26. The Labute approximate surface area is 166 Å². The molecule has 0 bridgehead atoms. The van der Waals surface area contributed by atoms with Crippen LogP contribution < -0.4 is 10.6 Å². The van der Waals surface area contributed by atoms with Crippen LogP contribution in [-0.2, 0) is 0 Å². The van der Waals surface area contributed by atoms with Crippen LogP contribution >= 0.6 is 23.2 Å². The number of pyridine rings is 1. The number of imide groups is 1. The number of nitrogens with zero attached hydrogens (tertiary/aromatic N) is 1. The van der Waals surface area contributed by atoms with Crippen molar-refractivity contribution in [3.63, 3.8) is 0 Å². The third kappa shape index (κ3) is 4.64. The van der Waals surface area contributed by atoms with E-state index in [9.17, 15) is 9.59 Å². The first-order valence-corrected chi connectivity index (χ1v) is 8.80. The Bertz CT molecular complexity index is 1020. The molecule has 1 heterocycles. The van der Waals surface area contributed by atoms with E-state index in [-0.39, 0.29) is 10.6 Å². The van der Waals surface area contributed by atoms with Crippen molar-refractivity contribution in [3.8, 4) is 11.1 Å². The zero-order valence-electron chi connectivity index (χ0n) is 14.3. The first-order chi connectivity index (χ1) is 12.9. The summed E-state index contributed by atoms with van der Waals surface area (Å²) < 4.78 is 0. The van der Waals surface area contributed by atoms with Crippen molar-refractivity contribution >= 4 is 41.0 Å². The van der Waals surface area contributed by atoms with Crippen molar-refractivity contribution in [2.45, 2.75) is 6.92 Å². The van der Waals surface area contributed by atoms with Crippen LogP contribution in [0.5, 0.6) is 0 Å². The van der Waals surface area contributed by atoms with E-state index in [1.165, 1.54) is 6.07 Å². The zero-order valence-corrected chi connectivity index (χ0v) is 15.8. The molecule has 2 N–H and O–H groups in total. The SMILES string of the molecule is Cc1nc(NC(=O)NC(=O)c2ccccc2Cl)ccc1-c1cccc(Cl)c1. The molecular formula is C20H15Cl2N3O2. The summed E-state index contributed by atoms with van der Waals surface area (Å²) in [6.45, 7) is 1.83. The fraction of sp³-hybridized carbons (Fsp3) is 0.0500. The van der Waals surface area contributed by atoms with Gasteiger partial charge in [0.25, 0.3) is 5.91 Å². The molecular weight excluding hydrogens is 385 g/mol. The first kappa shape index (κ1) is 18.9. The van der Waals surface area contributed by atoms with E-state index >= 15 is 0 Å². The van der Waals surface area contributed by atoms with Crippen LogP contribution in [0.25, 0.3) is 11.1 Å². The third-order valence-electron chi connectivity index (χ3n) is 3.81. The highest BCUT2D eigenvalue weighted by molar-refractivity contribution is 6.34. The average molecular weight is 400 g/mol. The van der Waals surface area contributed by atoms with Gasteiger partial charge in [-0.05, 0) is 48.9 Å². The molecule has 0 aliphatic rings. The quantitative estimate of drug-likeness (QED) is 0.625. The Kier molecular flexibility index (Phi) is 5.74. The number of carbonyl (C=O) groups excluding carboxylic acids is 2. The van der Waals surface area contributed by atoms with Crippen molar-refractivity contribution in [1.82, 2.24) is 10.3 Å². The maximum absolute atomic E-state index is 12.1. The zero-order chi connectivity index (χ0) is 19.4. The molecule has 0 spiro atoms. The molecule has 5 nitrogen and oxygen atoms in total. The van der Waals surface area contributed by atoms with Crippen LogP contribution in [0.1, 0.15) is 16.1 Å². The van der Waals surface area contributed by atoms with E-state index in [0.717, 1.165) is 11.1 Å². The standard InChI is InChI=1S/C20H15Cl2N3O2/c1-12-15(13-5-4-6-14(21)11-13)9-10-18(23-12)24-20(27)25-19(26)16-7-2-3-8-17(16)22/h2-11H,1H3,(H2,23,24,25,26,27). The van der Waals surface area contributed by atoms with Crippen molar-refractivity contribution in [3.05, 3.63) is 82.0 Å². The number of amides is 3. The number of aryl methyl sites for hydroxylation is 1. The summed E-state index contributed by atoms with van der Waals surface area (Å²) in [4.78, 5) is 28.6. The molecule has 2 aromatic carbocycles. The second kappa shape index (κ2) is 8.20. The summed E-state index contributed by atoms with van der Waals surface area (Å²) in [5, 5.41) is 5.67. The van der Waals surface area contributed by atoms with Gasteiger partial charge in [-0.25, -0.2) is 9.78 Å². The second-order valence-electron chi connectivity index (χ2n) is 5.73. The van der Waals surface area contributed by atoms with Crippen molar-refractivity contribution in [2.24, 2.45) is 0 Å². The topological polar surface area (TPSA) is 71.1 Å². The highest BCUT2D eigenvalue weighted by Gasteiger charge is 2.14. The summed E-state index contributed by atoms with van der Waals surface area (Å²) in [5.41, 5.74) is 2.76. The first-order valence-electron chi connectivity index (χ1n) is 8.04. The van der Waals surface area contributed by atoms with Gasteiger partial charge in [0.15, 0.2) is 0 Å². The van der Waals surface area contributed by atoms with Crippen LogP contribution in [0.15, 0.2) is 60.7 Å². The van der Waals surface area contributed by atoms with Crippen molar-refractivity contribution in [2.75, 3.05) is 5.32 Å². The molecule has 3 amide bonds. The minimum absolute atomic E-state index is 0.217. The second-order valence-corrected chi connectivity index (χ2v) is 6.57. The molecule has 0 saturated carbocycles.